The van der Waals surface area contributed by atoms with Gasteiger partial charge in [0, 0.05) is 23.9 Å². The molecule has 27 heavy (non-hydrogen) atoms. The summed E-state index contributed by atoms with van der Waals surface area (Å²) in [5, 5.41) is 12.4. The number of fused-ring (bicyclic) bond motifs is 1. The van der Waals surface area contributed by atoms with E-state index in [2.05, 4.69) is 5.32 Å². The summed E-state index contributed by atoms with van der Waals surface area (Å²) in [5.41, 5.74) is 0.0390. The summed E-state index contributed by atoms with van der Waals surface area (Å²) >= 11 is 5.95. The molecule has 0 aromatic heterocycles. The van der Waals surface area contributed by atoms with Crippen molar-refractivity contribution in [2.45, 2.75) is 31.0 Å². The molecular formula is C20H23ClN2O4. The van der Waals surface area contributed by atoms with Gasteiger partial charge in [-0.2, -0.15) is 0 Å². The van der Waals surface area contributed by atoms with E-state index in [4.69, 9.17) is 21.4 Å². The van der Waals surface area contributed by atoms with Crippen molar-refractivity contribution in [2.24, 2.45) is 11.8 Å². The number of amides is 2. The molecule has 1 spiro atoms. The molecule has 4 rings (SSSR count). The van der Waals surface area contributed by atoms with Gasteiger partial charge in [-0.15, -0.1) is 0 Å². The first-order valence-corrected chi connectivity index (χ1v) is 9.76. The van der Waals surface area contributed by atoms with Crippen molar-refractivity contribution in [1.82, 2.24) is 5.32 Å². The molecule has 144 valence electrons. The van der Waals surface area contributed by atoms with Crippen LogP contribution < -0.4 is 10.2 Å². The zero-order chi connectivity index (χ0) is 19.0. The molecule has 2 fully saturated rings. The summed E-state index contributed by atoms with van der Waals surface area (Å²) in [6.45, 7) is 1.11. The Bertz CT molecular complexity index is 766. The summed E-state index contributed by atoms with van der Waals surface area (Å²) in [4.78, 5) is 27.6. The molecule has 1 aromatic carbocycles. The first-order chi connectivity index (χ1) is 13.1. The van der Waals surface area contributed by atoms with Gasteiger partial charge >= 0.3 is 0 Å². The number of unbranched alkanes of at least 4 members (excludes halogenated alkanes) is 2. The highest BCUT2D eigenvalue weighted by molar-refractivity contribution is 6.30. The lowest BCUT2D eigenvalue weighted by molar-refractivity contribution is -0.131. The van der Waals surface area contributed by atoms with Crippen molar-refractivity contribution in [2.75, 3.05) is 24.6 Å². The van der Waals surface area contributed by atoms with Gasteiger partial charge in [0.15, 0.2) is 0 Å². The monoisotopic (exact) mass is 390 g/mol. The maximum Gasteiger partial charge on any atom is 0.234 e. The van der Waals surface area contributed by atoms with Crippen LogP contribution in [0.5, 0.6) is 0 Å². The molecule has 1 aromatic rings. The Hall–Kier alpha value is -1.89. The number of halogens is 1. The summed E-state index contributed by atoms with van der Waals surface area (Å²) < 4.78 is 6.11. The van der Waals surface area contributed by atoms with E-state index < -0.39 is 17.4 Å². The molecule has 4 unspecified atom stereocenters. The van der Waals surface area contributed by atoms with E-state index in [0.717, 1.165) is 24.9 Å². The average molecular weight is 391 g/mol. The minimum absolute atomic E-state index is 0.0791. The first-order valence-electron chi connectivity index (χ1n) is 9.38. The Morgan fingerprint density at radius 2 is 2.07 bits per heavy atom. The zero-order valence-electron chi connectivity index (χ0n) is 14.9. The van der Waals surface area contributed by atoms with Gasteiger partial charge in [-0.1, -0.05) is 23.8 Å². The predicted molar refractivity (Wildman–Crippen MR) is 101 cm³/mol. The second kappa shape index (κ2) is 7.26. The third-order valence-electron chi connectivity index (χ3n) is 5.68. The van der Waals surface area contributed by atoms with Crippen LogP contribution in [0.1, 0.15) is 19.3 Å². The van der Waals surface area contributed by atoms with Crippen molar-refractivity contribution in [3.63, 3.8) is 0 Å². The van der Waals surface area contributed by atoms with Crippen molar-refractivity contribution in [3.8, 4) is 0 Å². The number of benzene rings is 1. The highest BCUT2D eigenvalue weighted by Crippen LogP contribution is 2.52. The van der Waals surface area contributed by atoms with Gasteiger partial charge in [-0.3, -0.25) is 9.59 Å². The highest BCUT2D eigenvalue weighted by atomic mass is 35.5. The number of nitrogens with zero attached hydrogens (tertiary/aromatic N) is 1. The number of hydrogen-bond acceptors (Lipinski definition) is 4. The Labute approximate surface area is 163 Å². The van der Waals surface area contributed by atoms with E-state index >= 15 is 0 Å². The number of hydrogen-bond donors (Lipinski definition) is 2. The van der Waals surface area contributed by atoms with E-state index in [1.54, 1.807) is 17.0 Å². The number of anilines is 1. The number of aliphatic hydroxyl groups is 1. The fourth-order valence-electron chi connectivity index (χ4n) is 4.38. The first kappa shape index (κ1) is 18.5. The SMILES string of the molecule is O=C(NCCCCCO)C1C2C=CC3(CN(c4ccc(Cl)cc4)C(=O)C13)O2. The van der Waals surface area contributed by atoms with Crippen molar-refractivity contribution >= 4 is 29.1 Å². The number of ether oxygens (including phenoxy) is 1. The molecule has 3 aliphatic heterocycles. The standard InChI is InChI=1S/C20H23ClN2O4/c21-13-4-6-14(7-5-13)23-12-20-9-8-15(27-20)16(17(20)19(23)26)18(25)22-10-2-1-3-11-24/h4-9,15-17,24H,1-3,10-12H2,(H,22,25). The van der Waals surface area contributed by atoms with E-state index in [1.165, 1.54) is 0 Å². The van der Waals surface area contributed by atoms with Gasteiger partial charge in [0.25, 0.3) is 0 Å². The van der Waals surface area contributed by atoms with Crippen molar-refractivity contribution < 1.29 is 19.4 Å². The summed E-state index contributed by atoms with van der Waals surface area (Å²) in [5.74, 6) is -1.21. The average Bonchev–Trinajstić information content (AvgIpc) is 3.30. The van der Waals surface area contributed by atoms with Crippen LogP contribution >= 0.6 is 11.6 Å². The van der Waals surface area contributed by atoms with Crippen LogP contribution in [0.15, 0.2) is 36.4 Å². The van der Waals surface area contributed by atoms with Crippen LogP contribution in [-0.4, -0.2) is 48.3 Å². The molecule has 3 heterocycles. The van der Waals surface area contributed by atoms with Gasteiger partial charge < -0.3 is 20.1 Å². The molecule has 2 N–H and O–H groups in total. The van der Waals surface area contributed by atoms with E-state index in [1.807, 2.05) is 24.3 Å². The molecule has 2 bridgehead atoms. The minimum Gasteiger partial charge on any atom is -0.396 e. The number of nitrogens with one attached hydrogen (secondary N) is 1. The largest absolute Gasteiger partial charge is 0.396 e. The van der Waals surface area contributed by atoms with Crippen LogP contribution in [0.4, 0.5) is 5.69 Å². The lowest BCUT2D eigenvalue weighted by atomic mass is 9.77. The van der Waals surface area contributed by atoms with E-state index in [-0.39, 0.29) is 24.5 Å². The smallest absolute Gasteiger partial charge is 0.234 e. The number of carbonyl (C=O) groups excluding carboxylic acids is 2. The zero-order valence-corrected chi connectivity index (χ0v) is 15.7. The fraction of sp³-hybridized carbons (Fsp3) is 0.500. The molecule has 0 radical (unpaired) electrons. The second-order valence-corrected chi connectivity index (χ2v) is 7.81. The number of carbonyl (C=O) groups is 2. The Kier molecular flexibility index (Phi) is 4.97. The predicted octanol–water partition coefficient (Wildman–Crippen LogP) is 1.91. The van der Waals surface area contributed by atoms with Crippen molar-refractivity contribution in [3.05, 3.63) is 41.4 Å². The number of rotatable bonds is 7. The molecule has 7 heteroatoms. The topological polar surface area (TPSA) is 78.9 Å². The van der Waals surface area contributed by atoms with Crippen LogP contribution in [0, 0.1) is 11.8 Å². The number of aliphatic hydroxyl groups excluding tert-OH is 1. The fourth-order valence-corrected chi connectivity index (χ4v) is 4.51. The Balaban J connectivity index is 1.48. The summed E-state index contributed by atoms with van der Waals surface area (Å²) in [6, 6.07) is 7.12. The molecule has 6 nitrogen and oxygen atoms in total. The van der Waals surface area contributed by atoms with Crippen LogP contribution in [-0.2, 0) is 14.3 Å². The van der Waals surface area contributed by atoms with Crippen molar-refractivity contribution in [1.29, 1.82) is 0 Å². The lowest BCUT2D eigenvalue weighted by Crippen LogP contribution is -2.44. The maximum absolute atomic E-state index is 13.2. The quantitative estimate of drug-likeness (QED) is 0.550. The molecule has 4 atom stereocenters. The van der Waals surface area contributed by atoms with Crippen LogP contribution in [0.3, 0.4) is 0 Å². The maximum atomic E-state index is 13.2. The lowest BCUT2D eigenvalue weighted by Gasteiger charge is -2.23. The third-order valence-corrected chi connectivity index (χ3v) is 5.93. The third kappa shape index (κ3) is 3.16. The summed E-state index contributed by atoms with van der Waals surface area (Å²) in [6.07, 6.45) is 5.91. The molecular weight excluding hydrogens is 368 g/mol. The van der Waals surface area contributed by atoms with E-state index in [0.29, 0.717) is 18.1 Å². The Morgan fingerprint density at radius 3 is 2.81 bits per heavy atom. The van der Waals surface area contributed by atoms with Gasteiger partial charge in [-0.05, 0) is 43.5 Å². The van der Waals surface area contributed by atoms with Gasteiger partial charge in [0.05, 0.1) is 24.5 Å². The summed E-state index contributed by atoms with van der Waals surface area (Å²) in [7, 11) is 0. The molecule has 2 saturated heterocycles. The Morgan fingerprint density at radius 1 is 1.30 bits per heavy atom. The molecule has 2 amide bonds. The normalized spacial score (nSPS) is 30.8. The van der Waals surface area contributed by atoms with Crippen LogP contribution in [0.2, 0.25) is 5.02 Å². The molecule has 3 aliphatic rings. The van der Waals surface area contributed by atoms with E-state index in [9.17, 15) is 9.59 Å². The van der Waals surface area contributed by atoms with Gasteiger partial charge in [0.2, 0.25) is 11.8 Å². The molecule has 0 aliphatic carbocycles. The van der Waals surface area contributed by atoms with Gasteiger partial charge in [-0.25, -0.2) is 0 Å². The molecule has 0 saturated carbocycles. The minimum atomic E-state index is -0.722. The van der Waals surface area contributed by atoms with Gasteiger partial charge in [0.1, 0.15) is 5.60 Å². The highest BCUT2D eigenvalue weighted by Gasteiger charge is 2.66. The van der Waals surface area contributed by atoms with Crippen LogP contribution in [0.25, 0.3) is 0 Å². The second-order valence-electron chi connectivity index (χ2n) is 7.38.